The van der Waals surface area contributed by atoms with E-state index in [4.69, 9.17) is 14.5 Å². The van der Waals surface area contributed by atoms with Gasteiger partial charge in [0.2, 0.25) is 0 Å². The number of aromatic nitrogens is 1. The van der Waals surface area contributed by atoms with Crippen LogP contribution < -0.4 is 5.32 Å². The van der Waals surface area contributed by atoms with Crippen LogP contribution in [0.5, 0.6) is 0 Å². The number of methoxy groups -OCH3 is 1. The van der Waals surface area contributed by atoms with Gasteiger partial charge < -0.3 is 14.8 Å². The van der Waals surface area contributed by atoms with Crippen molar-refractivity contribution in [3.63, 3.8) is 0 Å². The molecule has 1 aromatic heterocycles. The maximum absolute atomic E-state index is 16.1. The van der Waals surface area contributed by atoms with Crippen LogP contribution in [0.2, 0.25) is 0 Å². The summed E-state index contributed by atoms with van der Waals surface area (Å²) in [5.74, 6) is -1.80. The number of halogens is 2. The predicted octanol–water partition coefficient (Wildman–Crippen LogP) is 8.01. The first-order valence-corrected chi connectivity index (χ1v) is 14.0. The molecule has 3 rings (SSSR count). The Bertz CT molecular complexity index is 1510. The van der Waals surface area contributed by atoms with Crippen molar-refractivity contribution < 1.29 is 23.5 Å². The van der Waals surface area contributed by atoms with Crippen LogP contribution in [0.3, 0.4) is 0 Å². The van der Waals surface area contributed by atoms with Crippen molar-refractivity contribution in [2.24, 2.45) is 5.41 Å². The van der Waals surface area contributed by atoms with E-state index in [2.05, 4.69) is 27.8 Å². The highest BCUT2D eigenvalue weighted by molar-refractivity contribution is 9.10. The Morgan fingerprint density at radius 1 is 1.12 bits per heavy atom. The summed E-state index contributed by atoms with van der Waals surface area (Å²) in [5.41, 5.74) is 1.03. The van der Waals surface area contributed by atoms with Crippen molar-refractivity contribution in [1.82, 2.24) is 10.3 Å². The van der Waals surface area contributed by atoms with Gasteiger partial charge >= 0.3 is 5.97 Å². The fourth-order valence-electron chi connectivity index (χ4n) is 4.46. The van der Waals surface area contributed by atoms with Crippen molar-refractivity contribution in [2.45, 2.75) is 46.6 Å². The minimum absolute atomic E-state index is 0.0777. The average Bonchev–Trinajstić information content (AvgIpc) is 2.91. The fraction of sp³-hybridized carbons (Fsp3) is 0.303. The molecule has 216 valence electrons. The number of fused-ring (bicyclic) bond motifs is 1. The van der Waals surface area contributed by atoms with E-state index in [0.717, 1.165) is 10.0 Å². The zero-order valence-corrected chi connectivity index (χ0v) is 25.9. The fourth-order valence-corrected chi connectivity index (χ4v) is 4.82. The van der Waals surface area contributed by atoms with Crippen LogP contribution in [0, 0.1) is 12.3 Å². The molecular formula is C33H36BrFN2O4. The summed E-state index contributed by atoms with van der Waals surface area (Å²) in [7, 11) is 1.34. The van der Waals surface area contributed by atoms with Crippen molar-refractivity contribution in [2.75, 3.05) is 13.7 Å². The maximum atomic E-state index is 16.1. The normalized spacial score (nSPS) is 13.9. The lowest BCUT2D eigenvalue weighted by Gasteiger charge is -2.30. The molecule has 0 saturated carbocycles. The molecule has 0 saturated heterocycles. The van der Waals surface area contributed by atoms with Gasteiger partial charge in [0.15, 0.2) is 5.76 Å². The second kappa shape index (κ2) is 13.3. The monoisotopic (exact) mass is 622 g/mol. The molecule has 0 radical (unpaired) electrons. The number of nitrogens with zero attached hydrogens (tertiary/aromatic N) is 1. The van der Waals surface area contributed by atoms with Gasteiger partial charge in [-0.25, -0.2) is 9.37 Å². The number of carbonyl (C=O) groups excluding carboxylic acids is 2. The quantitative estimate of drug-likeness (QED) is 0.141. The van der Waals surface area contributed by atoms with Crippen LogP contribution in [0.15, 0.2) is 89.4 Å². The van der Waals surface area contributed by atoms with Gasteiger partial charge in [-0.2, -0.15) is 0 Å². The molecule has 1 unspecified atom stereocenters. The maximum Gasteiger partial charge on any atom is 0.307 e. The Balaban J connectivity index is 2.08. The predicted molar refractivity (Wildman–Crippen MR) is 165 cm³/mol. The number of benzene rings is 2. The summed E-state index contributed by atoms with van der Waals surface area (Å²) in [5, 5.41) is 3.53. The van der Waals surface area contributed by atoms with Gasteiger partial charge in [-0.1, -0.05) is 71.9 Å². The van der Waals surface area contributed by atoms with Crippen LogP contribution in [0.1, 0.15) is 50.0 Å². The second-order valence-corrected chi connectivity index (χ2v) is 11.9. The molecule has 8 heteroatoms. The number of carbonyl (C=O) groups is 2. The Morgan fingerprint density at radius 3 is 2.41 bits per heavy atom. The number of nitrogens with one attached hydrogen (secondary N) is 1. The zero-order chi connectivity index (χ0) is 30.4. The smallest absolute Gasteiger partial charge is 0.307 e. The summed E-state index contributed by atoms with van der Waals surface area (Å²) in [6.07, 6.45) is 4.10. The molecule has 0 aliphatic rings. The number of hydrogen-bond acceptors (Lipinski definition) is 5. The third kappa shape index (κ3) is 7.91. The van der Waals surface area contributed by atoms with Gasteiger partial charge in [0.05, 0.1) is 35.7 Å². The lowest BCUT2D eigenvalue weighted by Crippen LogP contribution is -2.40. The summed E-state index contributed by atoms with van der Waals surface area (Å²) in [6, 6.07) is 15.1. The molecular weight excluding hydrogens is 587 g/mol. The molecule has 0 bridgehead atoms. The van der Waals surface area contributed by atoms with Crippen LogP contribution in [-0.2, 0) is 14.3 Å². The number of ether oxygens (including phenoxy) is 2. The first-order chi connectivity index (χ1) is 19.3. The molecule has 1 heterocycles. The first kappa shape index (κ1) is 31.7. The van der Waals surface area contributed by atoms with Gasteiger partial charge in [0, 0.05) is 22.0 Å². The van der Waals surface area contributed by atoms with Gasteiger partial charge in [0.25, 0.3) is 5.91 Å². The number of pyridine rings is 1. The molecule has 3 aromatic rings. The molecule has 6 nitrogen and oxygen atoms in total. The second-order valence-electron chi connectivity index (χ2n) is 11.0. The lowest BCUT2D eigenvalue weighted by atomic mass is 9.84. The van der Waals surface area contributed by atoms with Crippen LogP contribution in [-0.4, -0.2) is 36.1 Å². The first-order valence-electron chi connectivity index (χ1n) is 13.2. The molecule has 0 aliphatic carbocycles. The Morgan fingerprint density at radius 2 is 1.80 bits per heavy atom. The van der Waals surface area contributed by atoms with E-state index in [1.165, 1.54) is 25.3 Å². The molecule has 41 heavy (non-hydrogen) atoms. The van der Waals surface area contributed by atoms with Crippen LogP contribution in [0.4, 0.5) is 4.39 Å². The number of hydrogen-bond donors (Lipinski definition) is 1. The largest absolute Gasteiger partial charge is 0.494 e. The molecule has 0 spiro atoms. The van der Waals surface area contributed by atoms with Crippen molar-refractivity contribution >= 4 is 38.7 Å². The molecule has 1 atom stereocenters. The number of allylic oxidation sites excluding steroid dienone is 3. The van der Waals surface area contributed by atoms with E-state index in [-0.39, 0.29) is 18.7 Å². The standard InChI is InChI=1S/C33H36BrFN2O4/c1-8-9-15-26(40-7)30(35)33(6,19-27(38)41-32(3,4)5)20-36-31(39)28-21(2)29(22-13-11-10-12-14-22)37-25-17-16-23(34)18-24(25)28/h8-18H,1,19-20H2,2-7H3,(H,36,39)/b15-9-,30-26+. The van der Waals surface area contributed by atoms with Gasteiger partial charge in [-0.15, -0.1) is 0 Å². The van der Waals surface area contributed by atoms with Crippen molar-refractivity contribution in [3.05, 3.63) is 101 Å². The van der Waals surface area contributed by atoms with Crippen LogP contribution in [0.25, 0.3) is 22.2 Å². The van der Waals surface area contributed by atoms with E-state index in [1.54, 1.807) is 27.7 Å². The summed E-state index contributed by atoms with van der Waals surface area (Å²) in [6.45, 7) is 12.0. The lowest BCUT2D eigenvalue weighted by molar-refractivity contribution is -0.157. The van der Waals surface area contributed by atoms with E-state index < -0.39 is 28.7 Å². The number of rotatable bonds is 10. The van der Waals surface area contributed by atoms with Gasteiger partial charge in [-0.05, 0) is 57.5 Å². The highest BCUT2D eigenvalue weighted by atomic mass is 79.9. The third-order valence-corrected chi connectivity index (χ3v) is 6.90. The third-order valence-electron chi connectivity index (χ3n) is 6.41. The molecule has 0 aliphatic heterocycles. The highest BCUT2D eigenvalue weighted by Crippen LogP contribution is 2.36. The highest BCUT2D eigenvalue weighted by Gasteiger charge is 2.38. The van der Waals surface area contributed by atoms with E-state index in [1.807, 2.05) is 55.5 Å². The van der Waals surface area contributed by atoms with Crippen LogP contribution >= 0.6 is 15.9 Å². The Labute approximate surface area is 249 Å². The van der Waals surface area contributed by atoms with E-state index in [9.17, 15) is 9.59 Å². The average molecular weight is 624 g/mol. The Hall–Kier alpha value is -3.78. The topological polar surface area (TPSA) is 77.5 Å². The van der Waals surface area contributed by atoms with E-state index in [0.29, 0.717) is 27.7 Å². The number of esters is 1. The summed E-state index contributed by atoms with van der Waals surface area (Å²) in [4.78, 5) is 31.6. The number of amides is 1. The summed E-state index contributed by atoms with van der Waals surface area (Å²) >= 11 is 3.50. The minimum atomic E-state index is -1.48. The van der Waals surface area contributed by atoms with Gasteiger partial charge in [0.1, 0.15) is 11.4 Å². The molecule has 2 aromatic carbocycles. The van der Waals surface area contributed by atoms with Crippen molar-refractivity contribution in [1.29, 1.82) is 0 Å². The Kier molecular flexibility index (Phi) is 10.3. The SMILES string of the molecule is C=C/C=C\C(OC)=C(/F)C(C)(CNC(=O)c1c(C)c(-c2ccccc2)nc2ccc(Br)cc12)CC(=O)OC(C)(C)C. The molecule has 0 fully saturated rings. The zero-order valence-electron chi connectivity index (χ0n) is 24.3. The van der Waals surface area contributed by atoms with Crippen molar-refractivity contribution in [3.8, 4) is 11.3 Å². The molecule has 1 amide bonds. The minimum Gasteiger partial charge on any atom is -0.494 e. The summed E-state index contributed by atoms with van der Waals surface area (Å²) < 4.78 is 27.6. The van der Waals surface area contributed by atoms with E-state index >= 15 is 4.39 Å². The van der Waals surface area contributed by atoms with Gasteiger partial charge in [-0.3, -0.25) is 9.59 Å². The molecule has 1 N–H and O–H groups in total.